The number of hydrogen-bond donors (Lipinski definition) is 0. The van der Waals surface area contributed by atoms with Crippen molar-refractivity contribution in [3.8, 4) is 0 Å². The summed E-state index contributed by atoms with van der Waals surface area (Å²) in [6, 6.07) is 11.9. The van der Waals surface area contributed by atoms with Crippen LogP contribution in [0.25, 0.3) is 10.1 Å². The molecule has 1 amide bonds. The molecular weight excluding hydrogens is 308 g/mol. The van der Waals surface area contributed by atoms with Gasteiger partial charge in [-0.25, -0.2) is 0 Å². The van der Waals surface area contributed by atoms with Gasteiger partial charge in [0, 0.05) is 17.9 Å². The van der Waals surface area contributed by atoms with Crippen LogP contribution in [-0.2, 0) is 17.8 Å². The van der Waals surface area contributed by atoms with Gasteiger partial charge in [-0.2, -0.15) is 0 Å². The number of para-hydroxylation sites is 1. The van der Waals surface area contributed by atoms with Crippen molar-refractivity contribution < 1.29 is 4.79 Å². The van der Waals surface area contributed by atoms with E-state index in [2.05, 4.69) is 6.07 Å². The Morgan fingerprint density at radius 3 is 2.96 bits per heavy atom. The minimum absolute atomic E-state index is 0.0412. The lowest BCUT2D eigenvalue weighted by molar-refractivity contribution is -0.119. The van der Waals surface area contributed by atoms with Crippen LogP contribution in [0, 0.1) is 0 Å². The number of pyridine rings is 1. The number of aromatic nitrogens is 1. The molecule has 3 heterocycles. The lowest BCUT2D eigenvalue weighted by Crippen LogP contribution is -2.39. The number of benzene rings is 1. The van der Waals surface area contributed by atoms with E-state index in [1.807, 2.05) is 47.5 Å². The second kappa shape index (κ2) is 5.35. The molecule has 2 aromatic heterocycles. The second-order valence-corrected chi connectivity index (χ2v) is 6.82. The molecule has 116 valence electrons. The molecule has 23 heavy (non-hydrogen) atoms. The van der Waals surface area contributed by atoms with E-state index in [0.717, 1.165) is 17.5 Å². The first-order valence-corrected chi connectivity index (χ1v) is 8.50. The number of carbonyl (C=O) groups excluding carboxylic acids is 1. The summed E-state index contributed by atoms with van der Waals surface area (Å²) in [5, 5.41) is 2.83. The summed E-state index contributed by atoms with van der Waals surface area (Å²) >= 11 is 1.42. The van der Waals surface area contributed by atoms with Crippen LogP contribution in [0.15, 0.2) is 52.8 Å². The molecule has 0 saturated carbocycles. The monoisotopic (exact) mass is 324 g/mol. The Bertz CT molecular complexity index is 957. The average molecular weight is 324 g/mol. The Balaban J connectivity index is 1.67. The molecule has 5 heteroatoms. The van der Waals surface area contributed by atoms with Gasteiger partial charge in [-0.3, -0.25) is 9.59 Å². The third-order valence-corrected chi connectivity index (χ3v) is 5.28. The summed E-state index contributed by atoms with van der Waals surface area (Å²) in [4.78, 5) is 27.1. The second-order valence-electron chi connectivity index (χ2n) is 5.90. The van der Waals surface area contributed by atoms with Crippen molar-refractivity contribution in [3.05, 3.63) is 63.9 Å². The van der Waals surface area contributed by atoms with Crippen molar-refractivity contribution >= 4 is 33.0 Å². The third kappa shape index (κ3) is 2.28. The Kier molecular flexibility index (Phi) is 3.31. The van der Waals surface area contributed by atoms with E-state index in [9.17, 15) is 9.59 Å². The maximum atomic E-state index is 12.8. The van der Waals surface area contributed by atoms with Crippen molar-refractivity contribution in [2.45, 2.75) is 25.9 Å². The van der Waals surface area contributed by atoms with Crippen LogP contribution < -0.4 is 10.5 Å². The van der Waals surface area contributed by atoms with Gasteiger partial charge in [0.25, 0.3) is 5.56 Å². The predicted molar refractivity (Wildman–Crippen MR) is 93.2 cm³/mol. The lowest BCUT2D eigenvalue weighted by atomic mass is 10.1. The highest BCUT2D eigenvalue weighted by Crippen LogP contribution is 2.31. The molecule has 1 unspecified atom stereocenters. The molecule has 4 rings (SSSR count). The number of rotatable bonds is 2. The minimum atomic E-state index is -0.0917. The Labute approximate surface area is 137 Å². The van der Waals surface area contributed by atoms with Crippen molar-refractivity contribution in [1.82, 2.24) is 4.57 Å². The lowest BCUT2D eigenvalue weighted by Gasteiger charge is -2.23. The van der Waals surface area contributed by atoms with Gasteiger partial charge in [-0.15, -0.1) is 11.3 Å². The maximum absolute atomic E-state index is 12.8. The molecule has 1 aliphatic rings. The highest BCUT2D eigenvalue weighted by atomic mass is 32.1. The minimum Gasteiger partial charge on any atom is -0.307 e. The Morgan fingerprint density at radius 1 is 1.26 bits per heavy atom. The van der Waals surface area contributed by atoms with Crippen LogP contribution in [0.1, 0.15) is 12.5 Å². The van der Waals surface area contributed by atoms with Crippen molar-refractivity contribution in [2.75, 3.05) is 4.90 Å². The highest BCUT2D eigenvalue weighted by molar-refractivity contribution is 7.17. The van der Waals surface area contributed by atoms with Crippen molar-refractivity contribution in [2.24, 2.45) is 0 Å². The van der Waals surface area contributed by atoms with E-state index < -0.39 is 0 Å². The molecule has 0 N–H and O–H groups in total. The first-order chi connectivity index (χ1) is 11.1. The SMILES string of the molecule is CC1Cc2ccccc2N1C(=O)Cn1ccc2ccsc2c1=O. The number of nitrogens with zero attached hydrogens (tertiary/aromatic N) is 2. The molecule has 0 bridgehead atoms. The van der Waals surface area contributed by atoms with Crippen LogP contribution in [0.5, 0.6) is 0 Å². The van der Waals surface area contributed by atoms with Crippen LogP contribution in [-0.4, -0.2) is 16.5 Å². The summed E-state index contributed by atoms with van der Waals surface area (Å²) in [7, 11) is 0. The summed E-state index contributed by atoms with van der Waals surface area (Å²) < 4.78 is 2.21. The van der Waals surface area contributed by atoms with E-state index in [0.29, 0.717) is 4.70 Å². The summed E-state index contributed by atoms with van der Waals surface area (Å²) in [5.41, 5.74) is 2.07. The fourth-order valence-electron chi connectivity index (χ4n) is 3.28. The zero-order valence-corrected chi connectivity index (χ0v) is 13.5. The molecule has 0 aliphatic carbocycles. The first kappa shape index (κ1) is 14.2. The Hall–Kier alpha value is -2.40. The summed E-state index contributed by atoms with van der Waals surface area (Å²) in [6.07, 6.45) is 2.57. The smallest absolute Gasteiger partial charge is 0.268 e. The Morgan fingerprint density at radius 2 is 2.09 bits per heavy atom. The van der Waals surface area contributed by atoms with E-state index >= 15 is 0 Å². The van der Waals surface area contributed by atoms with Gasteiger partial charge in [0.2, 0.25) is 5.91 Å². The first-order valence-electron chi connectivity index (χ1n) is 7.62. The largest absolute Gasteiger partial charge is 0.307 e. The van der Waals surface area contributed by atoms with Gasteiger partial charge in [0.1, 0.15) is 6.54 Å². The zero-order chi connectivity index (χ0) is 16.0. The number of hydrogen-bond acceptors (Lipinski definition) is 3. The summed E-state index contributed by atoms with van der Waals surface area (Å²) in [6.45, 7) is 2.12. The number of amides is 1. The van der Waals surface area contributed by atoms with E-state index in [1.54, 1.807) is 6.20 Å². The highest BCUT2D eigenvalue weighted by Gasteiger charge is 2.30. The molecule has 0 radical (unpaired) electrons. The molecule has 3 aromatic rings. The molecule has 4 nitrogen and oxygen atoms in total. The maximum Gasteiger partial charge on any atom is 0.268 e. The van der Waals surface area contributed by atoms with E-state index in [-0.39, 0.29) is 24.1 Å². The number of thiophene rings is 1. The van der Waals surface area contributed by atoms with Crippen LogP contribution in [0.4, 0.5) is 5.69 Å². The molecule has 0 spiro atoms. The molecular formula is C18H16N2O2S. The fraction of sp³-hybridized carbons (Fsp3) is 0.222. The molecule has 1 atom stereocenters. The molecule has 1 aromatic carbocycles. The molecule has 0 fully saturated rings. The number of anilines is 1. The standard InChI is InChI=1S/C18H16N2O2S/c1-12-10-14-4-2-3-5-15(14)20(12)16(21)11-19-8-6-13-7-9-23-17(13)18(19)22/h2-9,12H,10-11H2,1H3. The number of fused-ring (bicyclic) bond motifs is 2. The normalized spacial score (nSPS) is 16.7. The van der Waals surface area contributed by atoms with Crippen LogP contribution >= 0.6 is 11.3 Å². The van der Waals surface area contributed by atoms with Gasteiger partial charge >= 0.3 is 0 Å². The zero-order valence-electron chi connectivity index (χ0n) is 12.7. The van der Waals surface area contributed by atoms with Crippen molar-refractivity contribution in [3.63, 3.8) is 0 Å². The van der Waals surface area contributed by atoms with Gasteiger partial charge in [-0.05, 0) is 47.9 Å². The van der Waals surface area contributed by atoms with Gasteiger partial charge in [-0.1, -0.05) is 18.2 Å². The number of carbonyl (C=O) groups is 1. The summed E-state index contributed by atoms with van der Waals surface area (Å²) in [5.74, 6) is -0.0412. The molecule has 1 aliphatic heterocycles. The third-order valence-electron chi connectivity index (χ3n) is 4.37. The van der Waals surface area contributed by atoms with Gasteiger partial charge < -0.3 is 9.47 Å². The predicted octanol–water partition coefficient (Wildman–Crippen LogP) is 3.04. The fourth-order valence-corrected chi connectivity index (χ4v) is 4.13. The van der Waals surface area contributed by atoms with Gasteiger partial charge in [0.15, 0.2) is 0 Å². The van der Waals surface area contributed by atoms with Crippen LogP contribution in [0.2, 0.25) is 0 Å². The molecule has 0 saturated heterocycles. The van der Waals surface area contributed by atoms with Gasteiger partial charge in [0.05, 0.1) is 4.70 Å². The average Bonchev–Trinajstić information content (AvgIpc) is 3.13. The quantitative estimate of drug-likeness (QED) is 0.727. The van der Waals surface area contributed by atoms with E-state index in [4.69, 9.17) is 0 Å². The van der Waals surface area contributed by atoms with Crippen LogP contribution in [0.3, 0.4) is 0 Å². The van der Waals surface area contributed by atoms with E-state index in [1.165, 1.54) is 21.5 Å². The topological polar surface area (TPSA) is 42.3 Å². The van der Waals surface area contributed by atoms with Crippen molar-refractivity contribution in [1.29, 1.82) is 0 Å².